The number of aliphatic carboxylic acids is 1. The lowest BCUT2D eigenvalue weighted by Gasteiger charge is -2.23. The summed E-state index contributed by atoms with van der Waals surface area (Å²) >= 11 is 0. The fraction of sp³-hybridized carbons (Fsp3) is 0.533. The number of piperidine rings is 1. The van der Waals surface area contributed by atoms with Crippen LogP contribution in [0.15, 0.2) is 24.3 Å². The number of nitrogens with one attached hydrogen (secondary N) is 1. The number of aliphatic hydroxyl groups excluding tert-OH is 1. The van der Waals surface area contributed by atoms with Crippen molar-refractivity contribution in [2.45, 2.75) is 37.7 Å². The van der Waals surface area contributed by atoms with Crippen molar-refractivity contribution < 1.29 is 15.0 Å². The molecule has 1 atom stereocenters. The predicted molar refractivity (Wildman–Crippen MR) is 73.3 cm³/mol. The lowest BCUT2D eigenvalue weighted by molar-refractivity contribution is -0.146. The Kier molecular flexibility index (Phi) is 4.93. The summed E-state index contributed by atoms with van der Waals surface area (Å²) in [5.41, 5.74) is 2.45. The summed E-state index contributed by atoms with van der Waals surface area (Å²) < 4.78 is 0. The maximum absolute atomic E-state index is 10.5. The summed E-state index contributed by atoms with van der Waals surface area (Å²) in [4.78, 5) is 10.5. The Bertz CT molecular complexity index is 410. The van der Waals surface area contributed by atoms with E-state index in [-0.39, 0.29) is 6.42 Å². The lowest BCUT2D eigenvalue weighted by Crippen LogP contribution is -2.26. The molecule has 0 spiro atoms. The van der Waals surface area contributed by atoms with E-state index in [9.17, 15) is 9.90 Å². The van der Waals surface area contributed by atoms with Crippen molar-refractivity contribution in [3.05, 3.63) is 35.4 Å². The van der Waals surface area contributed by atoms with Crippen LogP contribution in [-0.4, -0.2) is 35.4 Å². The van der Waals surface area contributed by atoms with Crippen LogP contribution in [0.25, 0.3) is 0 Å². The molecule has 104 valence electrons. The number of carboxylic acid groups (broad SMARTS) is 1. The molecule has 1 aromatic rings. The molecule has 1 aromatic carbocycles. The van der Waals surface area contributed by atoms with Crippen molar-refractivity contribution >= 4 is 5.97 Å². The average molecular weight is 263 g/mol. The van der Waals surface area contributed by atoms with E-state index in [2.05, 4.69) is 17.4 Å². The van der Waals surface area contributed by atoms with Gasteiger partial charge in [0.15, 0.2) is 6.10 Å². The Labute approximate surface area is 113 Å². The SMILES string of the molecule is O=C(O)C(O)CCc1ccc(C2CCNCC2)cc1. The van der Waals surface area contributed by atoms with E-state index in [0.717, 1.165) is 18.7 Å². The van der Waals surface area contributed by atoms with Gasteiger partial charge in [0.25, 0.3) is 0 Å². The van der Waals surface area contributed by atoms with Gasteiger partial charge in [0.1, 0.15) is 0 Å². The van der Waals surface area contributed by atoms with E-state index < -0.39 is 12.1 Å². The zero-order valence-electron chi connectivity index (χ0n) is 11.0. The number of rotatable bonds is 5. The molecule has 2 rings (SSSR count). The van der Waals surface area contributed by atoms with Gasteiger partial charge < -0.3 is 15.5 Å². The molecular formula is C15H21NO3. The minimum Gasteiger partial charge on any atom is -0.479 e. The van der Waals surface area contributed by atoms with E-state index in [1.54, 1.807) is 0 Å². The van der Waals surface area contributed by atoms with E-state index >= 15 is 0 Å². The van der Waals surface area contributed by atoms with Gasteiger partial charge in [-0.05, 0) is 55.8 Å². The number of carbonyl (C=O) groups is 1. The van der Waals surface area contributed by atoms with Gasteiger partial charge in [0, 0.05) is 0 Å². The van der Waals surface area contributed by atoms with Crippen LogP contribution < -0.4 is 5.32 Å². The van der Waals surface area contributed by atoms with Gasteiger partial charge in [-0.15, -0.1) is 0 Å². The molecule has 1 aliphatic rings. The number of hydrogen-bond acceptors (Lipinski definition) is 3. The lowest BCUT2D eigenvalue weighted by atomic mass is 9.89. The average Bonchev–Trinajstić information content (AvgIpc) is 2.46. The van der Waals surface area contributed by atoms with Crippen molar-refractivity contribution in [1.29, 1.82) is 0 Å². The number of aryl methyl sites for hydroxylation is 1. The first kappa shape index (κ1) is 14.0. The first-order valence-corrected chi connectivity index (χ1v) is 6.87. The minimum absolute atomic E-state index is 0.266. The van der Waals surface area contributed by atoms with Crippen LogP contribution in [0, 0.1) is 0 Å². The maximum Gasteiger partial charge on any atom is 0.332 e. The first-order chi connectivity index (χ1) is 9.16. The highest BCUT2D eigenvalue weighted by Crippen LogP contribution is 2.25. The molecule has 3 N–H and O–H groups in total. The zero-order valence-corrected chi connectivity index (χ0v) is 11.0. The van der Waals surface area contributed by atoms with Crippen molar-refractivity contribution in [2.24, 2.45) is 0 Å². The van der Waals surface area contributed by atoms with Gasteiger partial charge in [-0.3, -0.25) is 0 Å². The van der Waals surface area contributed by atoms with E-state index in [4.69, 9.17) is 5.11 Å². The molecular weight excluding hydrogens is 242 g/mol. The molecule has 4 nitrogen and oxygen atoms in total. The number of carboxylic acids is 1. The second-order valence-electron chi connectivity index (χ2n) is 5.16. The molecule has 0 bridgehead atoms. The summed E-state index contributed by atoms with van der Waals surface area (Å²) in [6.07, 6.45) is 1.96. The molecule has 0 aromatic heterocycles. The Morgan fingerprint density at radius 2 is 1.89 bits per heavy atom. The van der Waals surface area contributed by atoms with Crippen LogP contribution in [0.4, 0.5) is 0 Å². The number of benzene rings is 1. The van der Waals surface area contributed by atoms with Crippen molar-refractivity contribution in [3.63, 3.8) is 0 Å². The Balaban J connectivity index is 1.89. The monoisotopic (exact) mass is 263 g/mol. The normalized spacial score (nSPS) is 18.2. The third-order valence-corrected chi connectivity index (χ3v) is 3.78. The smallest absolute Gasteiger partial charge is 0.332 e. The van der Waals surface area contributed by atoms with Gasteiger partial charge in [-0.25, -0.2) is 4.79 Å². The molecule has 0 amide bonds. The van der Waals surface area contributed by atoms with Crippen LogP contribution in [-0.2, 0) is 11.2 Å². The van der Waals surface area contributed by atoms with Crippen molar-refractivity contribution in [3.8, 4) is 0 Å². The van der Waals surface area contributed by atoms with Gasteiger partial charge in [-0.1, -0.05) is 24.3 Å². The number of hydrogen-bond donors (Lipinski definition) is 3. The summed E-state index contributed by atoms with van der Waals surface area (Å²) in [5, 5.41) is 21.2. The van der Waals surface area contributed by atoms with Crippen LogP contribution >= 0.6 is 0 Å². The molecule has 1 heterocycles. The Morgan fingerprint density at radius 1 is 1.26 bits per heavy atom. The standard InChI is InChI=1S/C15H21NO3/c17-14(15(18)19)6-3-11-1-4-12(5-2-11)13-7-9-16-10-8-13/h1-2,4-5,13-14,16-17H,3,6-10H2,(H,18,19). The summed E-state index contributed by atoms with van der Waals surface area (Å²) in [6.45, 7) is 2.16. The van der Waals surface area contributed by atoms with E-state index in [1.165, 1.54) is 18.4 Å². The molecule has 4 heteroatoms. The fourth-order valence-electron chi connectivity index (χ4n) is 2.54. The molecule has 1 saturated heterocycles. The van der Waals surface area contributed by atoms with Gasteiger partial charge in [-0.2, -0.15) is 0 Å². The molecule has 0 radical (unpaired) electrons. The largest absolute Gasteiger partial charge is 0.479 e. The molecule has 1 fully saturated rings. The van der Waals surface area contributed by atoms with Crippen LogP contribution in [0.2, 0.25) is 0 Å². The highest BCUT2D eigenvalue weighted by Gasteiger charge is 2.15. The second-order valence-corrected chi connectivity index (χ2v) is 5.16. The first-order valence-electron chi connectivity index (χ1n) is 6.87. The van der Waals surface area contributed by atoms with Crippen LogP contribution in [0.1, 0.15) is 36.3 Å². The van der Waals surface area contributed by atoms with Crippen molar-refractivity contribution in [1.82, 2.24) is 5.32 Å². The van der Waals surface area contributed by atoms with Gasteiger partial charge >= 0.3 is 5.97 Å². The maximum atomic E-state index is 10.5. The minimum atomic E-state index is -1.26. The molecule has 1 aliphatic heterocycles. The fourth-order valence-corrected chi connectivity index (χ4v) is 2.54. The third-order valence-electron chi connectivity index (χ3n) is 3.78. The zero-order chi connectivity index (χ0) is 13.7. The predicted octanol–water partition coefficient (Wildman–Crippen LogP) is 1.53. The molecule has 1 unspecified atom stereocenters. The quantitative estimate of drug-likeness (QED) is 0.753. The molecule has 0 aliphatic carbocycles. The van der Waals surface area contributed by atoms with Crippen LogP contribution in [0.3, 0.4) is 0 Å². The topological polar surface area (TPSA) is 69.6 Å². The highest BCUT2D eigenvalue weighted by molar-refractivity contribution is 5.71. The highest BCUT2D eigenvalue weighted by atomic mass is 16.4. The summed E-state index contributed by atoms with van der Waals surface area (Å²) in [7, 11) is 0. The second kappa shape index (κ2) is 6.68. The molecule has 19 heavy (non-hydrogen) atoms. The summed E-state index contributed by atoms with van der Waals surface area (Å²) in [5.74, 6) is -0.508. The van der Waals surface area contributed by atoms with E-state index in [1.807, 2.05) is 12.1 Å². The number of aliphatic hydroxyl groups is 1. The van der Waals surface area contributed by atoms with Crippen LogP contribution in [0.5, 0.6) is 0 Å². The Morgan fingerprint density at radius 3 is 2.47 bits per heavy atom. The summed E-state index contributed by atoms with van der Waals surface area (Å²) in [6, 6.07) is 8.37. The van der Waals surface area contributed by atoms with Gasteiger partial charge in [0.05, 0.1) is 0 Å². The van der Waals surface area contributed by atoms with Gasteiger partial charge in [0.2, 0.25) is 0 Å². The van der Waals surface area contributed by atoms with E-state index in [0.29, 0.717) is 12.3 Å². The third kappa shape index (κ3) is 4.04. The van der Waals surface area contributed by atoms with Crippen molar-refractivity contribution in [2.75, 3.05) is 13.1 Å². The molecule has 0 saturated carbocycles. The Hall–Kier alpha value is -1.39.